The first kappa shape index (κ1) is 18.0. The topological polar surface area (TPSA) is 40.5 Å². The predicted octanol–water partition coefficient (Wildman–Crippen LogP) is 6.30. The molecule has 2 aromatic rings. The van der Waals surface area contributed by atoms with Gasteiger partial charge in [-0.25, -0.2) is 0 Å². The lowest BCUT2D eigenvalue weighted by Crippen LogP contribution is -2.36. The van der Waals surface area contributed by atoms with E-state index in [9.17, 15) is 10.2 Å². The lowest BCUT2D eigenvalue weighted by Gasteiger charge is -2.38. The molecule has 0 radical (unpaired) electrons. The zero-order chi connectivity index (χ0) is 19.2. The Bertz CT molecular complexity index is 930. The zero-order valence-corrected chi connectivity index (χ0v) is 17.3. The summed E-state index contributed by atoms with van der Waals surface area (Å²) in [5.41, 5.74) is 4.09. The van der Waals surface area contributed by atoms with Crippen LogP contribution in [0.3, 0.4) is 0 Å². The van der Waals surface area contributed by atoms with Gasteiger partial charge in [-0.2, -0.15) is 0 Å². The van der Waals surface area contributed by atoms with Crippen molar-refractivity contribution in [3.05, 3.63) is 56.6 Å². The molecule has 2 aliphatic rings. The second-order valence-electron chi connectivity index (χ2n) is 9.17. The van der Waals surface area contributed by atoms with Crippen molar-refractivity contribution in [1.29, 1.82) is 0 Å². The standard InChI is InChI=1S/C22H24Cl2O2/c1-11-21(4,5)13-7-17(24)19(26)9-15(13)22(11)10-20(2,3)12-6-16(23)18(25)8-14(12)22/h6-9,11,25-26H,10H2,1-5H3. The molecule has 138 valence electrons. The number of halogens is 2. The summed E-state index contributed by atoms with van der Waals surface area (Å²) in [6, 6.07) is 7.49. The van der Waals surface area contributed by atoms with Crippen LogP contribution in [-0.2, 0) is 16.2 Å². The first-order valence-electron chi connectivity index (χ1n) is 9.00. The van der Waals surface area contributed by atoms with Gasteiger partial charge < -0.3 is 10.2 Å². The molecule has 2 atom stereocenters. The molecule has 2 unspecified atom stereocenters. The Hall–Kier alpha value is -1.38. The number of phenolic OH excluding ortho intramolecular Hbond substituents is 2. The van der Waals surface area contributed by atoms with Crippen molar-refractivity contribution < 1.29 is 10.2 Å². The molecule has 0 saturated heterocycles. The highest BCUT2D eigenvalue weighted by Crippen LogP contribution is 2.66. The van der Waals surface area contributed by atoms with Crippen molar-refractivity contribution in [3.63, 3.8) is 0 Å². The fourth-order valence-electron chi connectivity index (χ4n) is 5.55. The van der Waals surface area contributed by atoms with E-state index in [1.54, 1.807) is 0 Å². The lowest BCUT2D eigenvalue weighted by atomic mass is 9.65. The van der Waals surface area contributed by atoms with Crippen LogP contribution in [0, 0.1) is 5.92 Å². The van der Waals surface area contributed by atoms with Crippen LogP contribution in [0.1, 0.15) is 63.3 Å². The van der Waals surface area contributed by atoms with Gasteiger partial charge in [0.05, 0.1) is 10.0 Å². The third-order valence-electron chi connectivity index (χ3n) is 7.10. The smallest absolute Gasteiger partial charge is 0.134 e. The van der Waals surface area contributed by atoms with E-state index in [-0.39, 0.29) is 33.7 Å². The summed E-state index contributed by atoms with van der Waals surface area (Å²) in [4.78, 5) is 0. The minimum atomic E-state index is -0.290. The number of aromatic hydroxyl groups is 2. The summed E-state index contributed by atoms with van der Waals surface area (Å²) in [5.74, 6) is 0.488. The Kier molecular flexibility index (Phi) is 3.54. The van der Waals surface area contributed by atoms with Gasteiger partial charge in [0.25, 0.3) is 0 Å². The highest BCUT2D eigenvalue weighted by atomic mass is 35.5. The van der Waals surface area contributed by atoms with Crippen LogP contribution in [0.5, 0.6) is 11.5 Å². The molecule has 2 aromatic carbocycles. The van der Waals surface area contributed by atoms with Crippen LogP contribution in [0.15, 0.2) is 24.3 Å². The summed E-state index contributed by atoms with van der Waals surface area (Å²) in [6.07, 6.45) is 0.897. The normalized spacial score (nSPS) is 27.6. The second kappa shape index (κ2) is 5.11. The molecule has 0 saturated carbocycles. The molecule has 2 nitrogen and oxygen atoms in total. The van der Waals surface area contributed by atoms with E-state index < -0.39 is 0 Å². The zero-order valence-electron chi connectivity index (χ0n) is 15.7. The highest BCUT2D eigenvalue weighted by Gasteiger charge is 2.61. The quantitative estimate of drug-likeness (QED) is 0.553. The molecule has 0 aromatic heterocycles. The molecule has 4 heteroatoms. The van der Waals surface area contributed by atoms with Gasteiger partial charge in [0, 0.05) is 5.41 Å². The van der Waals surface area contributed by atoms with E-state index in [2.05, 4.69) is 34.6 Å². The monoisotopic (exact) mass is 390 g/mol. The van der Waals surface area contributed by atoms with E-state index in [1.807, 2.05) is 24.3 Å². The van der Waals surface area contributed by atoms with Crippen molar-refractivity contribution in [2.24, 2.45) is 5.92 Å². The number of benzene rings is 2. The van der Waals surface area contributed by atoms with Gasteiger partial charge in [-0.05, 0) is 69.7 Å². The van der Waals surface area contributed by atoms with Crippen LogP contribution in [0.4, 0.5) is 0 Å². The number of fused-ring (bicyclic) bond motifs is 4. The van der Waals surface area contributed by atoms with Gasteiger partial charge in [0.2, 0.25) is 0 Å². The van der Waals surface area contributed by atoms with Crippen molar-refractivity contribution in [3.8, 4) is 11.5 Å². The molecule has 0 bridgehead atoms. The van der Waals surface area contributed by atoms with Crippen molar-refractivity contribution in [2.75, 3.05) is 0 Å². The van der Waals surface area contributed by atoms with Crippen LogP contribution in [-0.4, -0.2) is 10.2 Å². The Morgan fingerprint density at radius 2 is 1.27 bits per heavy atom. The predicted molar refractivity (Wildman–Crippen MR) is 107 cm³/mol. The maximum absolute atomic E-state index is 10.4. The summed E-state index contributed by atoms with van der Waals surface area (Å²) in [6.45, 7) is 11.2. The minimum Gasteiger partial charge on any atom is -0.506 e. The van der Waals surface area contributed by atoms with Crippen molar-refractivity contribution in [1.82, 2.24) is 0 Å². The average molecular weight is 391 g/mol. The number of rotatable bonds is 0. The minimum absolute atomic E-state index is 0.0894. The molecule has 0 fully saturated rings. The summed E-state index contributed by atoms with van der Waals surface area (Å²) in [5, 5.41) is 21.5. The second-order valence-corrected chi connectivity index (χ2v) is 9.99. The van der Waals surface area contributed by atoms with Gasteiger partial charge in [-0.15, -0.1) is 0 Å². The molecular weight excluding hydrogens is 367 g/mol. The molecule has 2 N–H and O–H groups in total. The fourth-order valence-corrected chi connectivity index (χ4v) is 5.88. The third kappa shape index (κ3) is 2.00. The number of hydrogen-bond donors (Lipinski definition) is 2. The van der Waals surface area contributed by atoms with Crippen LogP contribution in [0.2, 0.25) is 10.0 Å². The van der Waals surface area contributed by atoms with Gasteiger partial charge in [-0.3, -0.25) is 0 Å². The molecular formula is C22H24Cl2O2. The summed E-state index contributed by atoms with van der Waals surface area (Å²) < 4.78 is 0. The maximum atomic E-state index is 10.4. The summed E-state index contributed by atoms with van der Waals surface area (Å²) in [7, 11) is 0. The number of hydrogen-bond acceptors (Lipinski definition) is 2. The third-order valence-corrected chi connectivity index (χ3v) is 7.71. The van der Waals surface area contributed by atoms with Crippen molar-refractivity contribution in [2.45, 2.75) is 57.3 Å². The van der Waals surface area contributed by atoms with Crippen LogP contribution in [0.25, 0.3) is 0 Å². The Morgan fingerprint density at radius 3 is 1.81 bits per heavy atom. The van der Waals surface area contributed by atoms with E-state index in [0.717, 1.165) is 17.5 Å². The molecule has 0 amide bonds. The van der Waals surface area contributed by atoms with Gasteiger partial charge in [0.15, 0.2) is 0 Å². The van der Waals surface area contributed by atoms with Crippen molar-refractivity contribution >= 4 is 23.2 Å². The van der Waals surface area contributed by atoms with Gasteiger partial charge in [0.1, 0.15) is 11.5 Å². The average Bonchev–Trinajstić information content (AvgIpc) is 2.85. The molecule has 26 heavy (non-hydrogen) atoms. The molecule has 2 aliphatic carbocycles. The Labute approximate surface area is 164 Å². The molecule has 0 aliphatic heterocycles. The van der Waals surface area contributed by atoms with Gasteiger partial charge in [-0.1, -0.05) is 57.8 Å². The maximum Gasteiger partial charge on any atom is 0.134 e. The Morgan fingerprint density at radius 1 is 0.808 bits per heavy atom. The van der Waals surface area contributed by atoms with Crippen LogP contribution < -0.4 is 0 Å². The van der Waals surface area contributed by atoms with E-state index >= 15 is 0 Å². The van der Waals surface area contributed by atoms with Gasteiger partial charge >= 0.3 is 0 Å². The SMILES string of the molecule is CC1C(C)(C)c2cc(Cl)c(O)cc2C12CC(C)(C)c1cc(Cl)c(O)cc12. The molecule has 1 spiro atoms. The lowest BCUT2D eigenvalue weighted by molar-refractivity contribution is 0.241. The fraction of sp³-hybridized carbons (Fsp3) is 0.455. The largest absolute Gasteiger partial charge is 0.506 e. The van der Waals surface area contributed by atoms with E-state index in [1.165, 1.54) is 11.1 Å². The number of phenols is 2. The van der Waals surface area contributed by atoms with E-state index in [4.69, 9.17) is 23.2 Å². The first-order chi connectivity index (χ1) is 11.9. The highest BCUT2D eigenvalue weighted by molar-refractivity contribution is 6.32. The Balaban J connectivity index is 2.12. The van der Waals surface area contributed by atoms with E-state index in [0.29, 0.717) is 10.0 Å². The van der Waals surface area contributed by atoms with Crippen LogP contribution >= 0.6 is 23.2 Å². The summed E-state index contributed by atoms with van der Waals surface area (Å²) >= 11 is 12.5. The molecule has 4 rings (SSSR count). The molecule has 0 heterocycles. The first-order valence-corrected chi connectivity index (χ1v) is 9.75.